The van der Waals surface area contributed by atoms with Crippen LogP contribution < -0.4 is 5.32 Å². The van der Waals surface area contributed by atoms with Gasteiger partial charge in [-0.3, -0.25) is 13.6 Å². The van der Waals surface area contributed by atoms with Crippen molar-refractivity contribution in [2.24, 2.45) is 0 Å². The predicted molar refractivity (Wildman–Crippen MR) is 93.7 cm³/mol. The molecule has 1 aliphatic rings. The van der Waals surface area contributed by atoms with Crippen LogP contribution in [0.15, 0.2) is 0 Å². The highest BCUT2D eigenvalue weighted by atomic mass is 31.2. The molecule has 0 aromatic carbocycles. The van der Waals surface area contributed by atoms with Gasteiger partial charge in [-0.25, -0.2) is 4.57 Å². The molecular formula is C14H31NO8P2. The largest absolute Gasteiger partial charge is 0.472 e. The molecule has 1 fully saturated rings. The zero-order valence-corrected chi connectivity index (χ0v) is 16.8. The van der Waals surface area contributed by atoms with Crippen molar-refractivity contribution in [1.29, 1.82) is 0 Å². The van der Waals surface area contributed by atoms with Gasteiger partial charge >= 0.3 is 15.4 Å². The Kier molecular flexibility index (Phi) is 11.0. The minimum Gasteiger partial charge on any atom is -0.373 e. The molecule has 11 heteroatoms. The van der Waals surface area contributed by atoms with Crippen LogP contribution in [0.2, 0.25) is 0 Å². The van der Waals surface area contributed by atoms with Gasteiger partial charge in [-0.15, -0.1) is 0 Å². The Morgan fingerprint density at radius 3 is 2.56 bits per heavy atom. The summed E-state index contributed by atoms with van der Waals surface area (Å²) in [6.07, 6.45) is 2.67. The molecule has 2 unspecified atom stereocenters. The van der Waals surface area contributed by atoms with Crippen LogP contribution in [0.1, 0.15) is 39.0 Å². The molecular weight excluding hydrogens is 372 g/mol. The Labute approximate surface area is 149 Å². The van der Waals surface area contributed by atoms with Gasteiger partial charge in [-0.2, -0.15) is 0 Å². The van der Waals surface area contributed by atoms with Crippen molar-refractivity contribution in [2.45, 2.75) is 51.2 Å². The lowest BCUT2D eigenvalue weighted by Gasteiger charge is -2.22. The van der Waals surface area contributed by atoms with Gasteiger partial charge in [-0.1, -0.05) is 19.8 Å². The van der Waals surface area contributed by atoms with Gasteiger partial charge in [0.05, 0.1) is 13.2 Å². The highest BCUT2D eigenvalue weighted by molar-refractivity contribution is 7.52. The standard InChI is InChI=1S/C14H31NO8P2/c1-3-24(16,17)22-12-14-13(8-11-20-14)23-25(18,19)21-10-7-5-4-6-9-15-2/h13-15H,3-12H2,1-2H3,(H,16,17)(H,18,19)/t13-,14+/m0/s1. The quantitative estimate of drug-likeness (QED) is 0.296. The van der Waals surface area contributed by atoms with E-state index >= 15 is 0 Å². The number of ether oxygens (including phenoxy) is 1. The van der Waals surface area contributed by atoms with E-state index in [1.807, 2.05) is 7.05 Å². The molecule has 4 atom stereocenters. The average molecular weight is 403 g/mol. The maximum atomic E-state index is 12.0. The predicted octanol–water partition coefficient (Wildman–Crippen LogP) is 2.28. The maximum Gasteiger partial charge on any atom is 0.472 e. The molecule has 3 N–H and O–H groups in total. The number of nitrogens with one attached hydrogen (secondary N) is 1. The number of hydrogen-bond donors (Lipinski definition) is 3. The average Bonchev–Trinajstić information content (AvgIpc) is 2.98. The van der Waals surface area contributed by atoms with Crippen molar-refractivity contribution >= 4 is 15.4 Å². The monoisotopic (exact) mass is 403 g/mol. The van der Waals surface area contributed by atoms with Gasteiger partial charge in [0.25, 0.3) is 0 Å². The maximum absolute atomic E-state index is 12.0. The third-order valence-electron chi connectivity index (χ3n) is 3.83. The normalized spacial score (nSPS) is 25.6. The summed E-state index contributed by atoms with van der Waals surface area (Å²) in [7, 11) is -5.93. The highest BCUT2D eigenvalue weighted by Gasteiger charge is 2.37. The fourth-order valence-corrected chi connectivity index (χ4v) is 3.89. The molecule has 9 nitrogen and oxygen atoms in total. The first-order valence-electron chi connectivity index (χ1n) is 8.68. The first-order valence-corrected chi connectivity index (χ1v) is 11.9. The lowest BCUT2D eigenvalue weighted by molar-refractivity contribution is 0.00348. The zero-order chi connectivity index (χ0) is 18.8. The fraction of sp³-hybridized carbons (Fsp3) is 1.00. The number of phosphoric ester groups is 1. The van der Waals surface area contributed by atoms with Gasteiger partial charge in [0, 0.05) is 19.2 Å². The number of rotatable bonds is 14. The fourth-order valence-electron chi connectivity index (χ4n) is 2.32. The summed E-state index contributed by atoms with van der Waals surface area (Å²) in [6.45, 7) is 2.79. The first kappa shape index (κ1) is 23.2. The summed E-state index contributed by atoms with van der Waals surface area (Å²) >= 11 is 0. The molecule has 0 bridgehead atoms. The Morgan fingerprint density at radius 1 is 1.16 bits per heavy atom. The van der Waals surface area contributed by atoms with E-state index in [9.17, 15) is 18.9 Å². The van der Waals surface area contributed by atoms with E-state index in [4.69, 9.17) is 18.3 Å². The van der Waals surface area contributed by atoms with Gasteiger partial charge in [0.1, 0.15) is 12.2 Å². The molecule has 1 rings (SSSR count). The second-order valence-corrected chi connectivity index (χ2v) is 9.48. The van der Waals surface area contributed by atoms with Gasteiger partial charge < -0.3 is 24.4 Å². The minimum absolute atomic E-state index is 0.0127. The van der Waals surface area contributed by atoms with Crippen LogP contribution in [0, 0.1) is 0 Å². The smallest absolute Gasteiger partial charge is 0.373 e. The molecule has 0 aromatic heterocycles. The van der Waals surface area contributed by atoms with Crippen molar-refractivity contribution in [3.05, 3.63) is 0 Å². The Morgan fingerprint density at radius 2 is 1.88 bits per heavy atom. The van der Waals surface area contributed by atoms with Crippen LogP contribution in [0.4, 0.5) is 0 Å². The third-order valence-corrected chi connectivity index (χ3v) is 6.23. The van der Waals surface area contributed by atoms with Crippen molar-refractivity contribution < 1.29 is 37.2 Å². The molecule has 25 heavy (non-hydrogen) atoms. The van der Waals surface area contributed by atoms with E-state index in [1.54, 1.807) is 6.92 Å². The van der Waals surface area contributed by atoms with Crippen molar-refractivity contribution in [2.75, 3.05) is 39.6 Å². The summed E-state index contributed by atoms with van der Waals surface area (Å²) in [5.41, 5.74) is 0. The van der Waals surface area contributed by atoms with E-state index in [0.29, 0.717) is 19.4 Å². The number of unbranched alkanes of at least 4 members (excludes halogenated alkanes) is 3. The van der Waals surface area contributed by atoms with Gasteiger partial charge in [0.15, 0.2) is 0 Å². The van der Waals surface area contributed by atoms with Crippen LogP contribution in [0.25, 0.3) is 0 Å². The van der Waals surface area contributed by atoms with E-state index in [-0.39, 0.29) is 19.4 Å². The lowest BCUT2D eigenvalue weighted by atomic mass is 10.2. The van der Waals surface area contributed by atoms with E-state index in [1.165, 1.54) is 0 Å². The van der Waals surface area contributed by atoms with E-state index in [0.717, 1.165) is 25.8 Å². The molecule has 0 aromatic rings. The number of hydrogen-bond acceptors (Lipinski definition) is 7. The Hall–Kier alpha value is 0.180. The summed E-state index contributed by atoms with van der Waals surface area (Å²) in [5.74, 6) is 0. The minimum atomic E-state index is -4.19. The van der Waals surface area contributed by atoms with Gasteiger partial charge in [-0.05, 0) is 26.4 Å². The van der Waals surface area contributed by atoms with E-state index < -0.39 is 27.6 Å². The van der Waals surface area contributed by atoms with Crippen LogP contribution in [-0.4, -0.2) is 61.6 Å². The number of phosphoric acid groups is 1. The highest BCUT2D eigenvalue weighted by Crippen LogP contribution is 2.47. The molecule has 0 spiro atoms. The summed E-state index contributed by atoms with van der Waals surface area (Å²) in [6, 6.07) is 0. The van der Waals surface area contributed by atoms with Crippen molar-refractivity contribution in [3.63, 3.8) is 0 Å². The van der Waals surface area contributed by atoms with Gasteiger partial charge in [0.2, 0.25) is 0 Å². The van der Waals surface area contributed by atoms with Crippen molar-refractivity contribution in [3.8, 4) is 0 Å². The molecule has 0 aliphatic carbocycles. The summed E-state index contributed by atoms with van der Waals surface area (Å²) in [4.78, 5) is 19.2. The Bertz CT molecular complexity index is 464. The summed E-state index contributed by atoms with van der Waals surface area (Å²) in [5, 5.41) is 3.06. The third kappa shape index (κ3) is 10.2. The molecule has 0 saturated carbocycles. The van der Waals surface area contributed by atoms with Crippen LogP contribution in [0.5, 0.6) is 0 Å². The second-order valence-electron chi connectivity index (χ2n) is 5.91. The van der Waals surface area contributed by atoms with Crippen molar-refractivity contribution in [1.82, 2.24) is 5.32 Å². The SMILES string of the molecule is CCP(=O)(O)OC[C@H]1OCC[C@@H]1OP(=O)(O)OCCCCCCNC. The molecule has 150 valence electrons. The van der Waals surface area contributed by atoms with Crippen LogP contribution in [-0.2, 0) is 27.4 Å². The lowest BCUT2D eigenvalue weighted by Crippen LogP contribution is -2.28. The molecule has 0 radical (unpaired) electrons. The summed E-state index contributed by atoms with van der Waals surface area (Å²) < 4.78 is 44.0. The molecule has 1 saturated heterocycles. The topological polar surface area (TPSA) is 124 Å². The van der Waals surface area contributed by atoms with Crippen LogP contribution in [0.3, 0.4) is 0 Å². The molecule has 1 heterocycles. The second kappa shape index (κ2) is 11.8. The molecule has 1 aliphatic heterocycles. The van der Waals surface area contributed by atoms with E-state index in [2.05, 4.69) is 5.32 Å². The zero-order valence-electron chi connectivity index (χ0n) is 15.0. The molecule has 0 amide bonds. The van der Waals surface area contributed by atoms with Crippen LogP contribution >= 0.6 is 15.4 Å². The Balaban J connectivity index is 2.29. The first-order chi connectivity index (χ1) is 11.8.